The molecule has 0 fully saturated rings. The molecule has 0 unspecified atom stereocenters. The number of ether oxygens (including phenoxy) is 1. The molecule has 0 radical (unpaired) electrons. The zero-order valence-electron chi connectivity index (χ0n) is 9.94. The van der Waals surface area contributed by atoms with Crippen molar-refractivity contribution in [1.29, 1.82) is 0 Å². The summed E-state index contributed by atoms with van der Waals surface area (Å²) in [7, 11) is 1.68. The van der Waals surface area contributed by atoms with E-state index < -0.39 is 11.2 Å². The summed E-state index contributed by atoms with van der Waals surface area (Å²) < 4.78 is 4.91. The maximum Gasteiger partial charge on any atom is 0.188 e. The monoisotopic (exact) mass is 206 g/mol. The summed E-state index contributed by atoms with van der Waals surface area (Å²) in [5, 5.41) is 7.86. The van der Waals surface area contributed by atoms with Gasteiger partial charge in [0, 0.05) is 34.1 Å². The third kappa shape index (κ3) is 4.91. The molecule has 0 aromatic heterocycles. The first-order valence-electron chi connectivity index (χ1n) is 4.96. The van der Waals surface area contributed by atoms with Gasteiger partial charge in [-0.2, -0.15) is 0 Å². The lowest BCUT2D eigenvalue weighted by Gasteiger charge is -2.32. The second-order valence-electron chi connectivity index (χ2n) is 4.48. The highest BCUT2D eigenvalue weighted by molar-refractivity contribution is 4.86. The standard InChI is InChI=1S/C10H23NO3/c1-9(2,12)10(3,4)14-11-7-6-8-13-5/h11-12H,6-8H2,1-5H3/p+1. The zero-order chi connectivity index (χ0) is 11.2. The van der Waals surface area contributed by atoms with Gasteiger partial charge in [-0.1, -0.05) is 0 Å². The SMILES string of the molecule is COCCCNOC(C)(C)C(C)(C)[OH2+]. The van der Waals surface area contributed by atoms with Gasteiger partial charge >= 0.3 is 0 Å². The Morgan fingerprint density at radius 1 is 1.21 bits per heavy atom. The Kier molecular flexibility index (Phi) is 5.59. The Bertz CT molecular complexity index is 152. The van der Waals surface area contributed by atoms with E-state index in [1.807, 2.05) is 27.7 Å². The van der Waals surface area contributed by atoms with Gasteiger partial charge in [0.1, 0.15) is 0 Å². The third-order valence-electron chi connectivity index (χ3n) is 2.46. The molecule has 4 heteroatoms. The van der Waals surface area contributed by atoms with E-state index in [9.17, 15) is 0 Å². The molecule has 0 saturated heterocycles. The Balaban J connectivity index is 3.67. The molecule has 0 atom stereocenters. The van der Waals surface area contributed by atoms with Crippen LogP contribution in [0.1, 0.15) is 34.1 Å². The van der Waals surface area contributed by atoms with E-state index in [0.717, 1.165) is 19.6 Å². The molecule has 0 aliphatic heterocycles. The smallest absolute Gasteiger partial charge is 0.188 e. The Labute approximate surface area is 86.5 Å². The summed E-state index contributed by atoms with van der Waals surface area (Å²) in [6.45, 7) is 8.95. The molecule has 4 nitrogen and oxygen atoms in total. The molecule has 14 heavy (non-hydrogen) atoms. The average Bonchev–Trinajstić information content (AvgIpc) is 2.02. The van der Waals surface area contributed by atoms with Gasteiger partial charge in [0.15, 0.2) is 11.2 Å². The van der Waals surface area contributed by atoms with Gasteiger partial charge in [-0.15, -0.1) is 0 Å². The molecule has 0 saturated carbocycles. The van der Waals surface area contributed by atoms with Gasteiger partial charge in [-0.3, -0.25) is 4.84 Å². The zero-order valence-corrected chi connectivity index (χ0v) is 9.94. The van der Waals surface area contributed by atoms with Crippen LogP contribution in [-0.2, 0) is 9.57 Å². The predicted molar refractivity (Wildman–Crippen MR) is 57.4 cm³/mol. The molecule has 0 heterocycles. The van der Waals surface area contributed by atoms with Crippen molar-refractivity contribution in [2.45, 2.75) is 45.3 Å². The van der Waals surface area contributed by atoms with Crippen LogP contribution in [0.4, 0.5) is 0 Å². The normalized spacial score (nSPS) is 13.3. The van der Waals surface area contributed by atoms with Crippen molar-refractivity contribution in [1.82, 2.24) is 5.48 Å². The lowest BCUT2D eigenvalue weighted by atomic mass is 9.90. The fraction of sp³-hybridized carbons (Fsp3) is 1.00. The van der Waals surface area contributed by atoms with Crippen LogP contribution in [-0.4, -0.2) is 36.6 Å². The van der Waals surface area contributed by atoms with E-state index in [2.05, 4.69) is 5.48 Å². The van der Waals surface area contributed by atoms with Gasteiger partial charge in [0.2, 0.25) is 0 Å². The molecule has 0 rings (SSSR count). The molecule has 0 bridgehead atoms. The highest BCUT2D eigenvalue weighted by Gasteiger charge is 2.41. The Hall–Kier alpha value is -0.160. The van der Waals surface area contributed by atoms with Crippen LogP contribution < -0.4 is 5.48 Å². The number of methoxy groups -OCH3 is 1. The average molecular weight is 206 g/mol. The van der Waals surface area contributed by atoms with Crippen LogP contribution in [0, 0.1) is 0 Å². The van der Waals surface area contributed by atoms with Crippen molar-refractivity contribution in [3.05, 3.63) is 0 Å². The molecule has 0 aromatic rings. The molecular weight excluding hydrogens is 182 g/mol. The predicted octanol–water partition coefficient (Wildman–Crippen LogP) is 0.826. The minimum absolute atomic E-state index is 0.500. The van der Waals surface area contributed by atoms with Crippen molar-refractivity contribution in [3.8, 4) is 0 Å². The summed E-state index contributed by atoms with van der Waals surface area (Å²) in [6, 6.07) is 0. The number of nitrogens with one attached hydrogen (secondary N) is 1. The summed E-state index contributed by atoms with van der Waals surface area (Å²) in [4.78, 5) is 5.45. The molecule has 0 aliphatic rings. The van der Waals surface area contributed by atoms with Crippen molar-refractivity contribution in [2.75, 3.05) is 20.3 Å². The maximum atomic E-state index is 7.86. The highest BCUT2D eigenvalue weighted by Crippen LogP contribution is 2.23. The lowest BCUT2D eigenvalue weighted by molar-refractivity contribution is -0.183. The highest BCUT2D eigenvalue weighted by atomic mass is 16.7. The van der Waals surface area contributed by atoms with Crippen LogP contribution in [0.5, 0.6) is 0 Å². The fourth-order valence-corrected chi connectivity index (χ4v) is 0.648. The molecular formula is C10H24NO3+. The lowest BCUT2D eigenvalue weighted by Crippen LogP contribution is -2.50. The Morgan fingerprint density at radius 3 is 2.21 bits per heavy atom. The Morgan fingerprint density at radius 2 is 1.79 bits per heavy atom. The van der Waals surface area contributed by atoms with E-state index >= 15 is 0 Å². The quantitative estimate of drug-likeness (QED) is 0.381. The fourth-order valence-electron chi connectivity index (χ4n) is 0.648. The van der Waals surface area contributed by atoms with E-state index in [4.69, 9.17) is 14.7 Å². The van der Waals surface area contributed by atoms with Crippen LogP contribution in [0.25, 0.3) is 0 Å². The van der Waals surface area contributed by atoms with Gasteiger partial charge < -0.3 is 9.84 Å². The number of hydrogen-bond donors (Lipinski definition) is 1. The first-order chi connectivity index (χ1) is 6.31. The summed E-state index contributed by atoms with van der Waals surface area (Å²) in [5.41, 5.74) is 1.74. The van der Waals surface area contributed by atoms with Crippen molar-refractivity contribution >= 4 is 0 Å². The van der Waals surface area contributed by atoms with E-state index in [0.29, 0.717) is 0 Å². The van der Waals surface area contributed by atoms with Crippen LogP contribution in [0.15, 0.2) is 0 Å². The summed E-state index contributed by atoms with van der Waals surface area (Å²) in [6.07, 6.45) is 0.908. The van der Waals surface area contributed by atoms with Crippen LogP contribution in [0.2, 0.25) is 0 Å². The second kappa shape index (κ2) is 5.66. The molecule has 86 valence electrons. The van der Waals surface area contributed by atoms with Gasteiger partial charge in [-0.25, -0.2) is 5.48 Å². The van der Waals surface area contributed by atoms with Crippen molar-refractivity contribution in [2.24, 2.45) is 0 Å². The molecule has 0 amide bonds. The summed E-state index contributed by atoms with van der Waals surface area (Å²) in [5.74, 6) is 0. The third-order valence-corrected chi connectivity index (χ3v) is 2.46. The van der Waals surface area contributed by atoms with E-state index in [1.165, 1.54) is 0 Å². The van der Waals surface area contributed by atoms with Crippen molar-refractivity contribution in [3.63, 3.8) is 0 Å². The number of hydroxylamine groups is 1. The first-order valence-corrected chi connectivity index (χ1v) is 4.96. The van der Waals surface area contributed by atoms with E-state index in [-0.39, 0.29) is 0 Å². The van der Waals surface area contributed by atoms with Gasteiger partial charge in [0.05, 0.1) is 0 Å². The first kappa shape index (κ1) is 13.8. The van der Waals surface area contributed by atoms with Crippen LogP contribution in [0.3, 0.4) is 0 Å². The maximum absolute atomic E-state index is 7.86. The minimum atomic E-state index is -0.624. The van der Waals surface area contributed by atoms with Gasteiger partial charge in [-0.05, 0) is 20.3 Å². The second-order valence-corrected chi connectivity index (χ2v) is 4.48. The largest absolute Gasteiger partial charge is 0.439 e. The number of hydrogen-bond acceptors (Lipinski definition) is 3. The summed E-state index contributed by atoms with van der Waals surface area (Å²) >= 11 is 0. The topological polar surface area (TPSA) is 53.4 Å². The molecule has 0 aromatic carbocycles. The minimum Gasteiger partial charge on any atom is -0.439 e. The van der Waals surface area contributed by atoms with Gasteiger partial charge in [0.25, 0.3) is 0 Å². The molecule has 0 aliphatic carbocycles. The van der Waals surface area contributed by atoms with Crippen LogP contribution >= 0.6 is 0 Å². The van der Waals surface area contributed by atoms with E-state index in [1.54, 1.807) is 7.11 Å². The molecule has 3 N–H and O–H groups in total. The number of rotatable bonds is 7. The van der Waals surface area contributed by atoms with Crippen molar-refractivity contribution < 1.29 is 14.7 Å². The molecule has 0 spiro atoms.